The summed E-state index contributed by atoms with van der Waals surface area (Å²) in [5.41, 5.74) is -1.28. The number of amides is 1. The molecule has 0 radical (unpaired) electrons. The molecule has 1 aliphatic rings. The molecule has 0 fully saturated rings. The van der Waals surface area contributed by atoms with Crippen molar-refractivity contribution in [3.63, 3.8) is 0 Å². The average Bonchev–Trinajstić information content (AvgIpc) is 2.47. The van der Waals surface area contributed by atoms with E-state index < -0.39 is 33.1 Å². The third kappa shape index (κ3) is 6.15. The van der Waals surface area contributed by atoms with E-state index >= 15 is 0 Å². The van der Waals surface area contributed by atoms with Gasteiger partial charge in [-0.15, -0.1) is 0 Å². The first-order valence-corrected chi connectivity index (χ1v) is 11.6. The van der Waals surface area contributed by atoms with Crippen molar-refractivity contribution in [1.29, 1.82) is 0 Å². The zero-order valence-corrected chi connectivity index (χ0v) is 19.8. The predicted octanol–water partition coefficient (Wildman–Crippen LogP) is 4.03. The molecule has 0 saturated heterocycles. The quantitative estimate of drug-likeness (QED) is 0.690. The lowest BCUT2D eigenvalue weighted by Crippen LogP contribution is -2.57. The van der Waals surface area contributed by atoms with Gasteiger partial charge in [0.2, 0.25) is 16.0 Å². The highest BCUT2D eigenvalue weighted by Crippen LogP contribution is 2.31. The Morgan fingerprint density at radius 3 is 2.52 bits per heavy atom. The molecule has 1 aromatic carbocycles. The molecule has 0 saturated carbocycles. The molecule has 0 aliphatic carbocycles. The van der Waals surface area contributed by atoms with E-state index in [0.717, 1.165) is 4.31 Å². The van der Waals surface area contributed by atoms with Crippen LogP contribution in [0.25, 0.3) is 0 Å². The second-order valence-electron chi connectivity index (χ2n) is 8.61. The Bertz CT molecular complexity index is 908. The van der Waals surface area contributed by atoms with Gasteiger partial charge in [-0.2, -0.15) is 0 Å². The Hall–Kier alpha value is -1.68. The SMILES string of the molecule is CC(C)[C@]1(C)CS(=O)(=O)N(Cc2cc(F)cc(Br)c2)C(NC(=O)OC(C)(C)C)=N1. The van der Waals surface area contributed by atoms with Crippen LogP contribution in [-0.4, -0.2) is 41.7 Å². The largest absolute Gasteiger partial charge is 0.444 e. The molecule has 2 rings (SSSR count). The van der Waals surface area contributed by atoms with Crippen molar-refractivity contribution < 1.29 is 22.3 Å². The van der Waals surface area contributed by atoms with Crippen LogP contribution in [0.3, 0.4) is 0 Å². The zero-order chi connectivity index (χ0) is 22.2. The van der Waals surface area contributed by atoms with Gasteiger partial charge in [0.05, 0.1) is 17.8 Å². The Balaban J connectivity index is 2.47. The molecule has 1 atom stereocenters. The number of hydrogen-bond donors (Lipinski definition) is 1. The number of aliphatic imine (C=N–C) groups is 1. The fraction of sp³-hybridized carbons (Fsp3) is 0.579. The summed E-state index contributed by atoms with van der Waals surface area (Å²) in [6.07, 6.45) is -0.815. The van der Waals surface area contributed by atoms with Gasteiger partial charge >= 0.3 is 6.09 Å². The van der Waals surface area contributed by atoms with Crippen molar-refractivity contribution in [2.75, 3.05) is 5.75 Å². The van der Waals surface area contributed by atoms with Gasteiger partial charge < -0.3 is 4.74 Å². The monoisotopic (exact) mass is 491 g/mol. The van der Waals surface area contributed by atoms with Gasteiger partial charge in [0.1, 0.15) is 11.4 Å². The van der Waals surface area contributed by atoms with Crippen LogP contribution in [-0.2, 0) is 21.3 Å². The highest BCUT2D eigenvalue weighted by atomic mass is 79.9. The maximum atomic E-state index is 13.8. The first-order chi connectivity index (χ1) is 13.1. The second kappa shape index (κ2) is 8.22. The second-order valence-corrected chi connectivity index (χ2v) is 11.4. The molecule has 0 unspecified atom stereocenters. The van der Waals surface area contributed by atoms with Crippen molar-refractivity contribution in [2.24, 2.45) is 10.9 Å². The van der Waals surface area contributed by atoms with E-state index in [4.69, 9.17) is 4.74 Å². The van der Waals surface area contributed by atoms with Gasteiger partial charge in [0, 0.05) is 4.47 Å². The standard InChI is InChI=1S/C19H27BrFN3O4S/c1-12(2)19(6)11-29(26,27)24(10-13-7-14(20)9-15(21)8-13)16(23-19)22-17(25)28-18(3,4)5/h7-9,12H,10-11H2,1-6H3,(H,22,23,25)/t19-/m0/s1. The number of benzene rings is 1. The van der Waals surface area contributed by atoms with Crippen LogP contribution in [0.15, 0.2) is 27.7 Å². The molecule has 7 nitrogen and oxygen atoms in total. The third-order valence-electron chi connectivity index (χ3n) is 4.51. The van der Waals surface area contributed by atoms with Gasteiger partial charge in [-0.1, -0.05) is 29.8 Å². The molecular formula is C19H27BrFN3O4S. The lowest BCUT2D eigenvalue weighted by molar-refractivity contribution is 0.0558. The molecule has 1 aliphatic heterocycles. The summed E-state index contributed by atoms with van der Waals surface area (Å²) < 4.78 is 46.7. The number of guanidine groups is 1. The summed E-state index contributed by atoms with van der Waals surface area (Å²) in [6, 6.07) is 4.12. The minimum absolute atomic E-state index is 0.0989. The lowest BCUT2D eigenvalue weighted by Gasteiger charge is -2.39. The molecule has 1 heterocycles. The summed E-state index contributed by atoms with van der Waals surface area (Å²) in [6.45, 7) is 10.4. The molecule has 10 heteroatoms. The first kappa shape index (κ1) is 23.6. The Morgan fingerprint density at radius 1 is 1.38 bits per heavy atom. The van der Waals surface area contributed by atoms with Crippen LogP contribution >= 0.6 is 15.9 Å². The van der Waals surface area contributed by atoms with Crippen molar-refractivity contribution >= 4 is 38.0 Å². The fourth-order valence-corrected chi connectivity index (χ4v) is 5.23. The number of carbonyl (C=O) groups is 1. The van der Waals surface area contributed by atoms with Crippen molar-refractivity contribution in [1.82, 2.24) is 9.62 Å². The zero-order valence-electron chi connectivity index (χ0n) is 17.4. The van der Waals surface area contributed by atoms with Gasteiger partial charge in [-0.25, -0.2) is 26.9 Å². The van der Waals surface area contributed by atoms with Crippen LogP contribution in [0.4, 0.5) is 9.18 Å². The molecule has 0 spiro atoms. The van der Waals surface area contributed by atoms with Crippen LogP contribution < -0.4 is 5.32 Å². The van der Waals surface area contributed by atoms with Crippen molar-refractivity contribution in [2.45, 2.75) is 59.2 Å². The minimum Gasteiger partial charge on any atom is -0.444 e. The van der Waals surface area contributed by atoms with E-state index in [1.807, 2.05) is 13.8 Å². The number of nitrogens with one attached hydrogen (secondary N) is 1. The molecule has 162 valence electrons. The maximum Gasteiger partial charge on any atom is 0.414 e. The van der Waals surface area contributed by atoms with Gasteiger partial charge in [-0.3, -0.25) is 5.32 Å². The highest BCUT2D eigenvalue weighted by molar-refractivity contribution is 9.10. The maximum absolute atomic E-state index is 13.8. The normalized spacial score (nSPS) is 21.7. The number of sulfonamides is 1. The molecule has 0 bridgehead atoms. The molecule has 1 amide bonds. The highest BCUT2D eigenvalue weighted by Gasteiger charge is 2.44. The Labute approximate surface area is 179 Å². The van der Waals surface area contributed by atoms with Gasteiger partial charge in [0.25, 0.3) is 0 Å². The number of ether oxygens (including phenoxy) is 1. The third-order valence-corrected chi connectivity index (χ3v) is 6.89. The van der Waals surface area contributed by atoms with Crippen LogP contribution in [0, 0.1) is 11.7 Å². The topological polar surface area (TPSA) is 88.1 Å². The van der Waals surface area contributed by atoms with Crippen LogP contribution in [0.5, 0.6) is 0 Å². The fourth-order valence-electron chi connectivity index (χ4n) is 2.73. The van der Waals surface area contributed by atoms with E-state index in [-0.39, 0.29) is 24.2 Å². The lowest BCUT2D eigenvalue weighted by atomic mass is 9.91. The Morgan fingerprint density at radius 2 is 2.00 bits per heavy atom. The summed E-state index contributed by atoms with van der Waals surface area (Å²) >= 11 is 3.20. The summed E-state index contributed by atoms with van der Waals surface area (Å²) in [5, 5.41) is 2.47. The number of nitrogens with zero attached hydrogens (tertiary/aromatic N) is 2. The van der Waals surface area contributed by atoms with E-state index in [1.54, 1.807) is 33.8 Å². The Kier molecular flexibility index (Phi) is 6.69. The number of carbonyl (C=O) groups excluding carboxylic acids is 1. The van der Waals surface area contributed by atoms with Crippen LogP contribution in [0.1, 0.15) is 47.1 Å². The number of alkyl carbamates (subject to hydrolysis) is 1. The first-order valence-electron chi connectivity index (χ1n) is 9.16. The van der Waals surface area contributed by atoms with Crippen molar-refractivity contribution in [3.05, 3.63) is 34.1 Å². The average molecular weight is 492 g/mol. The molecule has 1 aromatic rings. The summed E-state index contributed by atoms with van der Waals surface area (Å²) in [5.74, 6) is -0.970. The smallest absolute Gasteiger partial charge is 0.414 e. The van der Waals surface area contributed by atoms with E-state index in [0.29, 0.717) is 10.0 Å². The van der Waals surface area contributed by atoms with E-state index in [9.17, 15) is 17.6 Å². The molecule has 1 N–H and O–H groups in total. The number of rotatable bonds is 3. The number of hydrogen-bond acceptors (Lipinski definition) is 5. The van der Waals surface area contributed by atoms with E-state index in [2.05, 4.69) is 26.2 Å². The molecular weight excluding hydrogens is 465 g/mol. The summed E-state index contributed by atoms with van der Waals surface area (Å²) in [7, 11) is -3.84. The van der Waals surface area contributed by atoms with Gasteiger partial charge in [-0.05, 0) is 57.4 Å². The van der Waals surface area contributed by atoms with Gasteiger partial charge in [0.15, 0.2) is 0 Å². The molecule has 29 heavy (non-hydrogen) atoms. The van der Waals surface area contributed by atoms with Crippen LogP contribution in [0.2, 0.25) is 0 Å². The minimum atomic E-state index is -3.84. The van der Waals surface area contributed by atoms with E-state index in [1.165, 1.54) is 12.1 Å². The number of halogens is 2. The van der Waals surface area contributed by atoms with Crippen molar-refractivity contribution in [3.8, 4) is 0 Å². The summed E-state index contributed by atoms with van der Waals surface area (Å²) in [4.78, 5) is 16.9. The molecule has 0 aromatic heterocycles. The predicted molar refractivity (Wildman–Crippen MR) is 113 cm³/mol.